The topological polar surface area (TPSA) is 64.1 Å². The van der Waals surface area contributed by atoms with E-state index in [0.717, 1.165) is 0 Å². The summed E-state index contributed by atoms with van der Waals surface area (Å²) in [5, 5.41) is 14.3. The molecule has 4 nitrogen and oxygen atoms in total. The second-order valence-corrected chi connectivity index (χ2v) is 4.70. The van der Waals surface area contributed by atoms with Crippen LogP contribution in [0.5, 0.6) is 0 Å². The molecule has 0 spiro atoms. The van der Waals surface area contributed by atoms with E-state index < -0.39 is 6.10 Å². The number of hydrogen-bond donors (Lipinski definition) is 2. The number of rotatable bonds is 3. The Morgan fingerprint density at radius 3 is 2.44 bits per heavy atom. The van der Waals surface area contributed by atoms with Gasteiger partial charge >= 0.3 is 0 Å². The molecule has 0 bridgehead atoms. The molecule has 1 atom stereocenters. The average Bonchev–Trinajstić information content (AvgIpc) is 2.65. The van der Waals surface area contributed by atoms with Crippen LogP contribution in [0.1, 0.15) is 28.4 Å². The highest BCUT2D eigenvalue weighted by molar-refractivity contribution is 5.42. The van der Waals surface area contributed by atoms with Crippen LogP contribution in [-0.2, 0) is 13.5 Å². The van der Waals surface area contributed by atoms with Gasteiger partial charge in [-0.05, 0) is 30.5 Å². The Morgan fingerprint density at radius 2 is 1.94 bits per heavy atom. The normalized spacial score (nSPS) is 12.7. The molecule has 3 N–H and O–H groups in total. The van der Waals surface area contributed by atoms with Gasteiger partial charge in [0.2, 0.25) is 0 Å². The van der Waals surface area contributed by atoms with Crippen molar-refractivity contribution >= 4 is 5.82 Å². The zero-order valence-corrected chi connectivity index (χ0v) is 11.0. The Morgan fingerprint density at radius 1 is 1.33 bits per heavy atom. The number of hydrogen-bond acceptors (Lipinski definition) is 3. The van der Waals surface area contributed by atoms with Gasteiger partial charge < -0.3 is 10.8 Å². The number of nitrogen functional groups attached to an aromatic ring is 1. The summed E-state index contributed by atoms with van der Waals surface area (Å²) in [6, 6.07) is 6.14. The number of aliphatic hydroxyl groups excluding tert-OH is 1. The number of benzene rings is 1. The fourth-order valence-electron chi connectivity index (χ4n) is 2.19. The minimum Gasteiger partial charge on any atom is -0.388 e. The van der Waals surface area contributed by atoms with Crippen molar-refractivity contribution in [3.8, 4) is 0 Å². The van der Waals surface area contributed by atoms with Crippen LogP contribution < -0.4 is 5.73 Å². The Bertz CT molecular complexity index is 540. The molecule has 96 valence electrons. The predicted octanol–water partition coefficient (Wildman–Crippen LogP) is 1.90. The molecule has 4 heteroatoms. The van der Waals surface area contributed by atoms with Gasteiger partial charge in [0.05, 0.1) is 12.3 Å². The van der Waals surface area contributed by atoms with Gasteiger partial charge in [-0.2, -0.15) is 5.10 Å². The maximum Gasteiger partial charge on any atom is 0.127 e. The molecule has 1 aromatic carbocycles. The number of aromatic nitrogens is 2. The molecule has 18 heavy (non-hydrogen) atoms. The van der Waals surface area contributed by atoms with Crippen LogP contribution in [0.4, 0.5) is 5.82 Å². The van der Waals surface area contributed by atoms with Crippen molar-refractivity contribution in [2.75, 3.05) is 5.73 Å². The van der Waals surface area contributed by atoms with E-state index in [9.17, 15) is 5.11 Å². The maximum atomic E-state index is 10.3. The molecule has 0 saturated carbocycles. The molecule has 0 fully saturated rings. The molecule has 2 rings (SSSR count). The van der Waals surface area contributed by atoms with Gasteiger partial charge in [-0.3, -0.25) is 4.68 Å². The lowest BCUT2D eigenvalue weighted by atomic mass is 9.95. The first kappa shape index (κ1) is 12.6. The number of aryl methyl sites for hydroxylation is 3. The fourth-order valence-corrected chi connectivity index (χ4v) is 2.19. The lowest BCUT2D eigenvalue weighted by molar-refractivity contribution is 0.179. The first-order valence-electron chi connectivity index (χ1n) is 6.01. The van der Waals surface area contributed by atoms with Crippen molar-refractivity contribution in [3.05, 3.63) is 46.6 Å². The number of nitrogens with zero attached hydrogens (tertiary/aromatic N) is 2. The van der Waals surface area contributed by atoms with Gasteiger partial charge in [0, 0.05) is 19.0 Å². The Hall–Kier alpha value is -1.81. The highest BCUT2D eigenvalue weighted by Crippen LogP contribution is 2.25. The fraction of sp³-hybridized carbons (Fsp3) is 0.357. The summed E-state index contributed by atoms with van der Waals surface area (Å²) in [4.78, 5) is 0. The third-order valence-electron chi connectivity index (χ3n) is 3.42. The van der Waals surface area contributed by atoms with Crippen LogP contribution in [0.15, 0.2) is 24.4 Å². The molecule has 0 aliphatic rings. The van der Waals surface area contributed by atoms with Crippen molar-refractivity contribution in [1.82, 2.24) is 9.78 Å². The molecule has 1 unspecified atom stereocenters. The summed E-state index contributed by atoms with van der Waals surface area (Å²) >= 11 is 0. The van der Waals surface area contributed by atoms with E-state index in [-0.39, 0.29) is 0 Å². The second-order valence-electron chi connectivity index (χ2n) is 4.70. The maximum absolute atomic E-state index is 10.3. The summed E-state index contributed by atoms with van der Waals surface area (Å²) < 4.78 is 1.57. The van der Waals surface area contributed by atoms with Crippen LogP contribution in [0, 0.1) is 13.8 Å². The van der Waals surface area contributed by atoms with Crippen molar-refractivity contribution in [2.45, 2.75) is 26.4 Å². The molecule has 0 saturated heterocycles. The minimum atomic E-state index is -0.613. The zero-order chi connectivity index (χ0) is 13.3. The minimum absolute atomic E-state index is 0.522. The summed E-state index contributed by atoms with van der Waals surface area (Å²) in [5.41, 5.74) is 10.1. The van der Waals surface area contributed by atoms with Crippen LogP contribution in [0.3, 0.4) is 0 Å². The standard InChI is InChI=1S/C14H19N3O/c1-9-5-4-6-10(2)11(9)7-13(18)12-8-16-17(3)14(12)15/h4-6,8,13,18H,7,15H2,1-3H3. The summed E-state index contributed by atoms with van der Waals surface area (Å²) in [6.45, 7) is 4.11. The van der Waals surface area contributed by atoms with Crippen molar-refractivity contribution < 1.29 is 5.11 Å². The summed E-state index contributed by atoms with van der Waals surface area (Å²) in [5.74, 6) is 0.522. The molecule has 0 aliphatic heterocycles. The highest BCUT2D eigenvalue weighted by atomic mass is 16.3. The number of nitrogens with two attached hydrogens (primary N) is 1. The van der Waals surface area contributed by atoms with Crippen molar-refractivity contribution in [1.29, 1.82) is 0 Å². The van der Waals surface area contributed by atoms with E-state index in [0.29, 0.717) is 17.8 Å². The first-order valence-corrected chi connectivity index (χ1v) is 6.01. The van der Waals surface area contributed by atoms with Gasteiger partial charge in [-0.25, -0.2) is 0 Å². The molecule has 0 amide bonds. The van der Waals surface area contributed by atoms with E-state index in [1.54, 1.807) is 17.9 Å². The lowest BCUT2D eigenvalue weighted by Gasteiger charge is -2.14. The molecule has 0 aliphatic carbocycles. The first-order chi connectivity index (χ1) is 8.50. The quantitative estimate of drug-likeness (QED) is 0.868. The summed E-state index contributed by atoms with van der Waals surface area (Å²) in [7, 11) is 1.77. The predicted molar refractivity (Wildman–Crippen MR) is 72.2 cm³/mol. The largest absolute Gasteiger partial charge is 0.388 e. The van der Waals surface area contributed by atoms with E-state index in [2.05, 4.69) is 31.1 Å². The van der Waals surface area contributed by atoms with Crippen molar-refractivity contribution in [2.24, 2.45) is 7.05 Å². The summed E-state index contributed by atoms with van der Waals surface area (Å²) in [6.07, 6.45) is 1.58. The van der Waals surface area contributed by atoms with E-state index >= 15 is 0 Å². The monoisotopic (exact) mass is 245 g/mol. The smallest absolute Gasteiger partial charge is 0.127 e. The average molecular weight is 245 g/mol. The molecule has 0 radical (unpaired) electrons. The Labute approximate surface area is 107 Å². The highest BCUT2D eigenvalue weighted by Gasteiger charge is 2.16. The SMILES string of the molecule is Cc1cccc(C)c1CC(O)c1cnn(C)c1N. The van der Waals surface area contributed by atoms with Gasteiger partial charge in [-0.1, -0.05) is 18.2 Å². The molecule has 1 heterocycles. The van der Waals surface area contributed by atoms with E-state index in [1.165, 1.54) is 16.7 Å². The molecular weight excluding hydrogens is 226 g/mol. The van der Waals surface area contributed by atoms with Gasteiger partial charge in [0.15, 0.2) is 0 Å². The van der Waals surface area contributed by atoms with Gasteiger partial charge in [0.25, 0.3) is 0 Å². The van der Waals surface area contributed by atoms with E-state index in [1.807, 2.05) is 6.07 Å². The van der Waals surface area contributed by atoms with Gasteiger partial charge in [-0.15, -0.1) is 0 Å². The zero-order valence-electron chi connectivity index (χ0n) is 11.0. The molecular formula is C14H19N3O. The lowest BCUT2D eigenvalue weighted by Crippen LogP contribution is -2.07. The number of aliphatic hydroxyl groups is 1. The Kier molecular flexibility index (Phi) is 3.39. The van der Waals surface area contributed by atoms with Crippen molar-refractivity contribution in [3.63, 3.8) is 0 Å². The van der Waals surface area contributed by atoms with Crippen LogP contribution in [-0.4, -0.2) is 14.9 Å². The van der Waals surface area contributed by atoms with Crippen LogP contribution >= 0.6 is 0 Å². The second kappa shape index (κ2) is 4.82. The van der Waals surface area contributed by atoms with Crippen LogP contribution in [0.2, 0.25) is 0 Å². The third-order valence-corrected chi connectivity index (χ3v) is 3.42. The molecule has 2 aromatic rings. The van der Waals surface area contributed by atoms with E-state index in [4.69, 9.17) is 5.73 Å². The molecule has 1 aromatic heterocycles. The third kappa shape index (κ3) is 2.24. The Balaban J connectivity index is 2.27. The van der Waals surface area contributed by atoms with Crippen LogP contribution in [0.25, 0.3) is 0 Å². The number of anilines is 1. The van der Waals surface area contributed by atoms with Gasteiger partial charge in [0.1, 0.15) is 5.82 Å².